The SMILES string of the molecule is [C-]#[N+]c1cc2c(cc1OC)NC(=O)C(C(=O)OC(C)(C)C)CC2. The van der Waals surface area contributed by atoms with Crippen molar-refractivity contribution in [1.29, 1.82) is 0 Å². The molecule has 1 atom stereocenters. The van der Waals surface area contributed by atoms with Crippen molar-refractivity contribution in [3.63, 3.8) is 0 Å². The number of aryl methyl sites for hydroxylation is 1. The number of benzene rings is 1. The monoisotopic (exact) mass is 316 g/mol. The van der Waals surface area contributed by atoms with Gasteiger partial charge in [-0.25, -0.2) is 4.85 Å². The van der Waals surface area contributed by atoms with E-state index in [0.29, 0.717) is 30.0 Å². The molecular formula is C17H20N2O4. The number of ether oxygens (including phenoxy) is 2. The molecular weight excluding hydrogens is 296 g/mol. The number of hydrogen-bond acceptors (Lipinski definition) is 4. The van der Waals surface area contributed by atoms with Crippen LogP contribution in [-0.4, -0.2) is 24.6 Å². The highest BCUT2D eigenvalue weighted by Gasteiger charge is 2.33. The van der Waals surface area contributed by atoms with Gasteiger partial charge in [-0.05, 0) is 51.3 Å². The molecule has 23 heavy (non-hydrogen) atoms. The molecule has 0 spiro atoms. The zero-order chi connectivity index (χ0) is 17.2. The number of esters is 1. The molecule has 0 aliphatic carbocycles. The van der Waals surface area contributed by atoms with Crippen LogP contribution in [0, 0.1) is 12.5 Å². The average Bonchev–Trinajstić information content (AvgIpc) is 2.61. The molecule has 0 saturated heterocycles. The fourth-order valence-corrected chi connectivity index (χ4v) is 2.43. The molecule has 0 saturated carbocycles. The summed E-state index contributed by atoms with van der Waals surface area (Å²) in [5.74, 6) is -1.38. The summed E-state index contributed by atoms with van der Waals surface area (Å²) in [7, 11) is 1.47. The highest BCUT2D eigenvalue weighted by molar-refractivity contribution is 6.06. The van der Waals surface area contributed by atoms with Gasteiger partial charge >= 0.3 is 5.97 Å². The second-order valence-corrected chi connectivity index (χ2v) is 6.41. The lowest BCUT2D eigenvalue weighted by Crippen LogP contribution is -2.35. The summed E-state index contributed by atoms with van der Waals surface area (Å²) >= 11 is 0. The summed E-state index contributed by atoms with van der Waals surface area (Å²) in [6, 6.07) is 3.32. The van der Waals surface area contributed by atoms with E-state index in [9.17, 15) is 9.59 Å². The Morgan fingerprint density at radius 1 is 1.39 bits per heavy atom. The Kier molecular flexibility index (Phi) is 4.60. The van der Waals surface area contributed by atoms with Crippen LogP contribution in [0.2, 0.25) is 0 Å². The third-order valence-electron chi connectivity index (χ3n) is 3.49. The first-order valence-corrected chi connectivity index (χ1v) is 7.37. The second kappa shape index (κ2) is 6.29. The van der Waals surface area contributed by atoms with Crippen molar-refractivity contribution in [2.24, 2.45) is 5.92 Å². The highest BCUT2D eigenvalue weighted by Crippen LogP contribution is 2.36. The lowest BCUT2D eigenvalue weighted by atomic mass is 10.00. The van der Waals surface area contributed by atoms with Crippen molar-refractivity contribution < 1.29 is 19.1 Å². The summed E-state index contributed by atoms with van der Waals surface area (Å²) in [5, 5.41) is 2.74. The van der Waals surface area contributed by atoms with Gasteiger partial charge in [0, 0.05) is 5.69 Å². The maximum atomic E-state index is 12.3. The van der Waals surface area contributed by atoms with Gasteiger partial charge in [0.1, 0.15) is 17.3 Å². The molecule has 1 aliphatic heterocycles. The number of methoxy groups -OCH3 is 1. The van der Waals surface area contributed by atoms with Crippen LogP contribution in [0.5, 0.6) is 5.75 Å². The normalized spacial score (nSPS) is 17.3. The van der Waals surface area contributed by atoms with Crippen LogP contribution in [0.3, 0.4) is 0 Å². The Balaban J connectivity index is 2.28. The van der Waals surface area contributed by atoms with Gasteiger partial charge < -0.3 is 14.8 Å². The Morgan fingerprint density at radius 2 is 2.09 bits per heavy atom. The molecule has 1 heterocycles. The van der Waals surface area contributed by atoms with Crippen molar-refractivity contribution in [3.05, 3.63) is 29.1 Å². The molecule has 0 aromatic heterocycles. The van der Waals surface area contributed by atoms with Gasteiger partial charge in [0.05, 0.1) is 13.7 Å². The van der Waals surface area contributed by atoms with Gasteiger partial charge in [-0.3, -0.25) is 9.59 Å². The summed E-state index contributed by atoms with van der Waals surface area (Å²) in [6.45, 7) is 12.5. The molecule has 1 N–H and O–H groups in total. The molecule has 122 valence electrons. The quantitative estimate of drug-likeness (QED) is 0.517. The number of rotatable bonds is 2. The van der Waals surface area contributed by atoms with E-state index in [2.05, 4.69) is 10.2 Å². The van der Waals surface area contributed by atoms with E-state index < -0.39 is 23.4 Å². The molecule has 1 unspecified atom stereocenters. The van der Waals surface area contributed by atoms with Gasteiger partial charge in [-0.2, -0.15) is 0 Å². The predicted octanol–water partition coefficient (Wildman–Crippen LogP) is 3.09. The number of carbonyl (C=O) groups excluding carboxylic acids is 2. The van der Waals surface area contributed by atoms with Gasteiger partial charge in [0.15, 0.2) is 0 Å². The summed E-state index contributed by atoms with van der Waals surface area (Å²) in [5.41, 5.74) is 1.13. The van der Waals surface area contributed by atoms with Gasteiger partial charge in [0.25, 0.3) is 0 Å². The zero-order valence-electron chi connectivity index (χ0n) is 13.7. The topological polar surface area (TPSA) is 69.0 Å². The molecule has 0 fully saturated rings. The maximum absolute atomic E-state index is 12.3. The van der Waals surface area contributed by atoms with E-state index in [4.69, 9.17) is 16.0 Å². The van der Waals surface area contributed by atoms with E-state index in [1.165, 1.54) is 7.11 Å². The average molecular weight is 316 g/mol. The largest absolute Gasteiger partial charge is 0.508 e. The van der Waals surface area contributed by atoms with Crippen LogP contribution < -0.4 is 10.1 Å². The Labute approximate surface area is 135 Å². The maximum Gasteiger partial charge on any atom is 0.319 e. The van der Waals surface area contributed by atoms with Crippen LogP contribution in [0.1, 0.15) is 32.8 Å². The summed E-state index contributed by atoms with van der Waals surface area (Å²) < 4.78 is 10.5. The zero-order valence-corrected chi connectivity index (χ0v) is 13.7. The lowest BCUT2D eigenvalue weighted by molar-refractivity contribution is -0.161. The number of hydrogen-bond donors (Lipinski definition) is 1. The molecule has 0 radical (unpaired) electrons. The third kappa shape index (κ3) is 3.81. The molecule has 0 bridgehead atoms. The first-order valence-electron chi connectivity index (χ1n) is 7.37. The fourth-order valence-electron chi connectivity index (χ4n) is 2.43. The van der Waals surface area contributed by atoms with Crippen molar-refractivity contribution >= 4 is 23.3 Å². The van der Waals surface area contributed by atoms with Crippen molar-refractivity contribution in [1.82, 2.24) is 0 Å². The van der Waals surface area contributed by atoms with Crippen LogP contribution in [0.25, 0.3) is 4.85 Å². The van der Waals surface area contributed by atoms with Crippen LogP contribution in [-0.2, 0) is 20.7 Å². The second-order valence-electron chi connectivity index (χ2n) is 6.41. The third-order valence-corrected chi connectivity index (χ3v) is 3.49. The minimum absolute atomic E-state index is 0.345. The van der Waals surface area contributed by atoms with E-state index >= 15 is 0 Å². The van der Waals surface area contributed by atoms with E-state index in [1.54, 1.807) is 32.9 Å². The molecule has 2 rings (SSSR count). The van der Waals surface area contributed by atoms with Crippen LogP contribution in [0.4, 0.5) is 11.4 Å². The molecule has 1 aromatic rings. The van der Waals surface area contributed by atoms with Gasteiger partial charge in [-0.1, -0.05) is 0 Å². The summed E-state index contributed by atoms with van der Waals surface area (Å²) in [6.07, 6.45) is 0.849. The minimum Gasteiger partial charge on any atom is -0.508 e. The molecule has 1 aliphatic rings. The van der Waals surface area contributed by atoms with E-state index in [0.717, 1.165) is 5.56 Å². The van der Waals surface area contributed by atoms with E-state index in [1.807, 2.05) is 0 Å². The molecule has 1 aromatic carbocycles. The first kappa shape index (κ1) is 16.8. The first-order chi connectivity index (χ1) is 10.7. The number of amides is 1. The van der Waals surface area contributed by atoms with Crippen molar-refractivity contribution in [2.75, 3.05) is 12.4 Å². The van der Waals surface area contributed by atoms with Crippen LogP contribution in [0.15, 0.2) is 12.1 Å². The number of fused-ring (bicyclic) bond motifs is 1. The number of nitrogens with one attached hydrogen (secondary N) is 1. The molecule has 1 amide bonds. The smallest absolute Gasteiger partial charge is 0.319 e. The number of carbonyl (C=O) groups is 2. The molecule has 6 nitrogen and oxygen atoms in total. The van der Waals surface area contributed by atoms with Gasteiger partial charge in [-0.15, -0.1) is 0 Å². The number of nitrogens with zero attached hydrogens (tertiary/aromatic N) is 1. The standard InChI is InChI=1S/C17H20N2O4/c1-17(2,3)23-16(21)11-7-6-10-8-13(18-4)14(22-5)9-12(10)19-15(11)20/h8-9,11H,6-7H2,1-3,5H3,(H,19,20). The Hall–Kier alpha value is -2.55. The molecule has 6 heteroatoms. The van der Waals surface area contributed by atoms with Gasteiger partial charge in [0.2, 0.25) is 11.6 Å². The lowest BCUT2D eigenvalue weighted by Gasteiger charge is -2.22. The summed E-state index contributed by atoms with van der Waals surface area (Å²) in [4.78, 5) is 28.0. The van der Waals surface area contributed by atoms with Crippen LogP contribution >= 0.6 is 0 Å². The Morgan fingerprint density at radius 3 is 2.65 bits per heavy atom. The van der Waals surface area contributed by atoms with Crippen molar-refractivity contribution in [2.45, 2.75) is 39.2 Å². The fraction of sp³-hybridized carbons (Fsp3) is 0.471. The van der Waals surface area contributed by atoms with Crippen molar-refractivity contribution in [3.8, 4) is 5.75 Å². The Bertz CT molecular complexity index is 683. The minimum atomic E-state index is -0.857. The van der Waals surface area contributed by atoms with E-state index in [-0.39, 0.29) is 0 Å². The predicted molar refractivity (Wildman–Crippen MR) is 85.5 cm³/mol. The highest BCUT2D eigenvalue weighted by atomic mass is 16.6. The number of anilines is 1.